The molecule has 0 aliphatic carbocycles. The first-order valence-corrected chi connectivity index (χ1v) is 8.51. The predicted octanol–water partition coefficient (Wildman–Crippen LogP) is 0.749. The molecule has 0 fully saturated rings. The van der Waals surface area contributed by atoms with E-state index in [2.05, 4.69) is 4.98 Å². The topological polar surface area (TPSA) is 79.5 Å². The maximum atomic E-state index is 12.7. The van der Waals surface area contributed by atoms with Gasteiger partial charge in [-0.15, -0.1) is 0 Å². The number of sulfonamides is 1. The third-order valence-corrected chi connectivity index (χ3v) is 4.86. The second-order valence-corrected chi connectivity index (χ2v) is 7.69. The van der Waals surface area contributed by atoms with Crippen LogP contribution >= 0.6 is 0 Å². The lowest BCUT2D eigenvalue weighted by Crippen LogP contribution is -2.39. The molecule has 1 rings (SSSR count). The van der Waals surface area contributed by atoms with Gasteiger partial charge in [0, 0.05) is 32.4 Å². The van der Waals surface area contributed by atoms with Crippen LogP contribution < -0.4 is 5.73 Å². The minimum absolute atomic E-state index is 0.221. The lowest BCUT2D eigenvalue weighted by Gasteiger charge is -2.25. The molecule has 0 aromatic carbocycles. The molecule has 0 saturated heterocycles. The van der Waals surface area contributed by atoms with Gasteiger partial charge in [0.2, 0.25) is 10.0 Å². The summed E-state index contributed by atoms with van der Waals surface area (Å²) >= 11 is 0. The van der Waals surface area contributed by atoms with E-state index >= 15 is 0 Å². The Hall–Kier alpha value is -1.02. The van der Waals surface area contributed by atoms with Crippen LogP contribution in [-0.4, -0.2) is 56.3 Å². The van der Waals surface area contributed by atoms with E-state index in [4.69, 9.17) is 5.73 Å². The van der Waals surface area contributed by atoms with Gasteiger partial charge in [0.1, 0.15) is 4.90 Å². The number of nitrogens with zero attached hydrogens (tertiary/aromatic N) is 3. The van der Waals surface area contributed by atoms with Gasteiger partial charge >= 0.3 is 0 Å². The van der Waals surface area contributed by atoms with Crippen LogP contribution in [-0.2, 0) is 16.6 Å². The normalized spacial score (nSPS) is 12.6. The zero-order valence-corrected chi connectivity index (χ0v) is 14.1. The molecule has 1 aromatic heterocycles. The minimum atomic E-state index is -3.51. The Morgan fingerprint density at radius 1 is 1.24 bits per heavy atom. The molecule has 0 bridgehead atoms. The fourth-order valence-corrected chi connectivity index (χ4v) is 3.40. The van der Waals surface area contributed by atoms with Gasteiger partial charge < -0.3 is 10.6 Å². The summed E-state index contributed by atoms with van der Waals surface area (Å²) in [5.41, 5.74) is 6.17. The van der Waals surface area contributed by atoms with Crippen molar-refractivity contribution in [1.29, 1.82) is 0 Å². The van der Waals surface area contributed by atoms with Gasteiger partial charge in [-0.05, 0) is 32.1 Å². The number of nitrogens with two attached hydrogens (primary N) is 1. The van der Waals surface area contributed by atoms with E-state index in [0.29, 0.717) is 31.9 Å². The SMILES string of the molecule is CC(C)CN(CCN(C)C)S(=O)(=O)c1ccc(CN)nc1. The van der Waals surface area contributed by atoms with Crippen molar-refractivity contribution in [2.75, 3.05) is 33.7 Å². The van der Waals surface area contributed by atoms with Gasteiger partial charge in [-0.2, -0.15) is 4.31 Å². The van der Waals surface area contributed by atoms with Crippen LogP contribution in [0.1, 0.15) is 19.5 Å². The highest BCUT2D eigenvalue weighted by Crippen LogP contribution is 2.16. The van der Waals surface area contributed by atoms with Crippen LogP contribution in [0.5, 0.6) is 0 Å². The van der Waals surface area contributed by atoms with E-state index in [1.165, 1.54) is 10.5 Å². The molecule has 0 radical (unpaired) electrons. The van der Waals surface area contributed by atoms with Crippen LogP contribution in [0.25, 0.3) is 0 Å². The van der Waals surface area contributed by atoms with Crippen molar-refractivity contribution in [3.63, 3.8) is 0 Å². The fraction of sp³-hybridized carbons (Fsp3) is 0.643. The molecule has 1 aromatic rings. The van der Waals surface area contributed by atoms with Gasteiger partial charge in [-0.3, -0.25) is 4.98 Å². The molecule has 2 N–H and O–H groups in total. The van der Waals surface area contributed by atoms with Gasteiger partial charge in [-0.25, -0.2) is 8.42 Å². The quantitative estimate of drug-likeness (QED) is 0.766. The van der Waals surface area contributed by atoms with E-state index in [0.717, 1.165) is 0 Å². The van der Waals surface area contributed by atoms with Crippen molar-refractivity contribution in [1.82, 2.24) is 14.2 Å². The number of hydrogen-bond donors (Lipinski definition) is 1. The molecule has 6 nitrogen and oxygen atoms in total. The summed E-state index contributed by atoms with van der Waals surface area (Å²) in [6.07, 6.45) is 1.39. The summed E-state index contributed by atoms with van der Waals surface area (Å²) in [6, 6.07) is 3.24. The van der Waals surface area contributed by atoms with Crippen LogP contribution in [0.4, 0.5) is 0 Å². The number of rotatable bonds is 8. The number of hydrogen-bond acceptors (Lipinski definition) is 5. The van der Waals surface area contributed by atoms with E-state index in [-0.39, 0.29) is 10.8 Å². The summed E-state index contributed by atoms with van der Waals surface area (Å²) < 4.78 is 27.0. The van der Waals surface area contributed by atoms with Crippen LogP contribution in [0.15, 0.2) is 23.2 Å². The van der Waals surface area contributed by atoms with Crippen molar-refractivity contribution in [2.45, 2.75) is 25.3 Å². The maximum absolute atomic E-state index is 12.7. The molecule has 0 atom stereocenters. The van der Waals surface area contributed by atoms with Crippen molar-refractivity contribution < 1.29 is 8.42 Å². The van der Waals surface area contributed by atoms with E-state index in [9.17, 15) is 8.42 Å². The molecule has 120 valence electrons. The third kappa shape index (κ3) is 5.35. The highest BCUT2D eigenvalue weighted by atomic mass is 32.2. The molecule has 0 spiro atoms. The number of likely N-dealkylation sites (N-methyl/N-ethyl adjacent to an activating group) is 1. The predicted molar refractivity (Wildman–Crippen MR) is 84.3 cm³/mol. The zero-order chi connectivity index (χ0) is 16.0. The highest BCUT2D eigenvalue weighted by molar-refractivity contribution is 7.89. The molecule has 1 heterocycles. The Kier molecular flexibility index (Phi) is 6.73. The molecule has 0 amide bonds. The van der Waals surface area contributed by atoms with Gasteiger partial charge in [-0.1, -0.05) is 13.8 Å². The summed E-state index contributed by atoms with van der Waals surface area (Å²) in [6.45, 7) is 5.96. The molecule has 21 heavy (non-hydrogen) atoms. The van der Waals surface area contributed by atoms with Crippen molar-refractivity contribution in [3.8, 4) is 0 Å². The van der Waals surface area contributed by atoms with Crippen molar-refractivity contribution >= 4 is 10.0 Å². The zero-order valence-electron chi connectivity index (χ0n) is 13.3. The van der Waals surface area contributed by atoms with E-state index < -0.39 is 10.0 Å². The highest BCUT2D eigenvalue weighted by Gasteiger charge is 2.25. The smallest absolute Gasteiger partial charge is 0.244 e. The average Bonchev–Trinajstić information content (AvgIpc) is 2.42. The Balaban J connectivity index is 3.00. The Labute approximate surface area is 128 Å². The van der Waals surface area contributed by atoms with Crippen LogP contribution in [0.2, 0.25) is 0 Å². The largest absolute Gasteiger partial charge is 0.325 e. The van der Waals surface area contributed by atoms with Crippen molar-refractivity contribution in [3.05, 3.63) is 24.0 Å². The monoisotopic (exact) mass is 314 g/mol. The Bertz CT molecular complexity index is 526. The molecular formula is C14H26N4O2S. The number of pyridine rings is 1. The van der Waals surface area contributed by atoms with Crippen LogP contribution in [0.3, 0.4) is 0 Å². The van der Waals surface area contributed by atoms with E-state index in [1.54, 1.807) is 12.1 Å². The first-order valence-electron chi connectivity index (χ1n) is 7.07. The molecular weight excluding hydrogens is 288 g/mol. The first kappa shape index (κ1) is 18.0. The minimum Gasteiger partial charge on any atom is -0.325 e. The van der Waals surface area contributed by atoms with E-state index in [1.807, 2.05) is 32.8 Å². The van der Waals surface area contributed by atoms with Crippen LogP contribution in [0, 0.1) is 5.92 Å². The third-order valence-electron chi connectivity index (χ3n) is 3.01. The van der Waals surface area contributed by atoms with Gasteiger partial charge in [0.15, 0.2) is 0 Å². The molecule has 0 aliphatic heterocycles. The second-order valence-electron chi connectivity index (χ2n) is 5.75. The van der Waals surface area contributed by atoms with Crippen molar-refractivity contribution in [2.24, 2.45) is 11.7 Å². The van der Waals surface area contributed by atoms with Gasteiger partial charge in [0.05, 0.1) is 5.69 Å². The lowest BCUT2D eigenvalue weighted by atomic mass is 10.2. The first-order chi connectivity index (χ1) is 9.77. The summed E-state index contributed by atoms with van der Waals surface area (Å²) in [7, 11) is 0.343. The molecule has 0 saturated carbocycles. The molecule has 0 unspecified atom stereocenters. The average molecular weight is 314 g/mol. The lowest BCUT2D eigenvalue weighted by molar-refractivity contribution is 0.312. The Morgan fingerprint density at radius 3 is 2.33 bits per heavy atom. The molecule has 7 heteroatoms. The van der Waals surface area contributed by atoms with Gasteiger partial charge in [0.25, 0.3) is 0 Å². The second kappa shape index (κ2) is 7.84. The standard InChI is InChI=1S/C14H26N4O2S/c1-12(2)11-18(8-7-17(3)4)21(19,20)14-6-5-13(9-15)16-10-14/h5-6,10,12H,7-9,11,15H2,1-4H3. The number of aromatic nitrogens is 1. The summed E-state index contributed by atoms with van der Waals surface area (Å²) in [5.74, 6) is 0.262. The molecule has 0 aliphatic rings. The summed E-state index contributed by atoms with van der Waals surface area (Å²) in [5, 5.41) is 0. The Morgan fingerprint density at radius 2 is 1.90 bits per heavy atom. The fourth-order valence-electron chi connectivity index (χ4n) is 1.86. The maximum Gasteiger partial charge on any atom is 0.244 e. The summed E-state index contributed by atoms with van der Waals surface area (Å²) in [4.78, 5) is 6.27.